The summed E-state index contributed by atoms with van der Waals surface area (Å²) in [5, 5.41) is 3.06. The molecule has 2 rings (SSSR count). The van der Waals surface area contributed by atoms with E-state index in [1.165, 1.54) is 11.1 Å². The lowest BCUT2D eigenvalue weighted by Crippen LogP contribution is -2.18. The van der Waals surface area contributed by atoms with E-state index in [-0.39, 0.29) is 0 Å². The molecule has 19 heavy (non-hydrogen) atoms. The summed E-state index contributed by atoms with van der Waals surface area (Å²) in [4.78, 5) is 10.9. The van der Waals surface area contributed by atoms with Gasteiger partial charge in [0.2, 0.25) is 0 Å². The van der Waals surface area contributed by atoms with Crippen molar-refractivity contribution in [1.29, 1.82) is 0 Å². The lowest BCUT2D eigenvalue weighted by molar-refractivity contribution is 0.879. The zero-order chi connectivity index (χ0) is 13.8. The van der Waals surface area contributed by atoms with Crippen LogP contribution in [0.1, 0.15) is 17.0 Å². The van der Waals surface area contributed by atoms with Crippen LogP contribution in [0.3, 0.4) is 0 Å². The van der Waals surface area contributed by atoms with Gasteiger partial charge in [-0.05, 0) is 19.4 Å². The lowest BCUT2D eigenvalue weighted by atomic mass is 10.1. The highest BCUT2D eigenvalue weighted by Crippen LogP contribution is 2.16. The second-order valence-corrected chi connectivity index (χ2v) is 4.75. The minimum atomic E-state index is 0.776. The number of nitrogens with one attached hydrogen (secondary N) is 1. The van der Waals surface area contributed by atoms with E-state index in [9.17, 15) is 0 Å². The fourth-order valence-electron chi connectivity index (χ4n) is 1.92. The van der Waals surface area contributed by atoms with E-state index in [1.807, 2.05) is 27.1 Å². The molecule has 0 bridgehead atoms. The predicted octanol–water partition coefficient (Wildman–Crippen LogP) is 2.77. The molecule has 0 saturated carbocycles. The maximum atomic E-state index is 4.47. The number of anilines is 2. The molecule has 0 aliphatic heterocycles. The summed E-state index contributed by atoms with van der Waals surface area (Å²) in [6, 6.07) is 10.5. The Bertz CT molecular complexity index is 549. The molecule has 4 nitrogen and oxygen atoms in total. The molecule has 1 N–H and O–H groups in total. The van der Waals surface area contributed by atoms with Crippen molar-refractivity contribution >= 4 is 11.6 Å². The Hall–Kier alpha value is -2.10. The van der Waals surface area contributed by atoms with Crippen LogP contribution in [0.25, 0.3) is 0 Å². The molecule has 0 amide bonds. The molecule has 0 aliphatic rings. The molecule has 4 heteroatoms. The summed E-state index contributed by atoms with van der Waals surface area (Å²) >= 11 is 0. The molecule has 0 atom stereocenters. The van der Waals surface area contributed by atoms with E-state index in [2.05, 4.69) is 51.4 Å². The normalized spacial score (nSPS) is 10.3. The van der Waals surface area contributed by atoms with Crippen LogP contribution in [0.5, 0.6) is 0 Å². The van der Waals surface area contributed by atoms with Gasteiger partial charge in [0, 0.05) is 26.7 Å². The van der Waals surface area contributed by atoms with Gasteiger partial charge >= 0.3 is 0 Å². The number of hydrogen-bond acceptors (Lipinski definition) is 4. The minimum Gasteiger partial charge on any atom is -0.373 e. The fourth-order valence-corrected chi connectivity index (χ4v) is 1.92. The second kappa shape index (κ2) is 5.69. The van der Waals surface area contributed by atoms with Crippen molar-refractivity contribution in [2.75, 3.05) is 24.3 Å². The summed E-state index contributed by atoms with van der Waals surface area (Å²) in [7, 11) is 3.91. The highest BCUT2D eigenvalue weighted by Gasteiger charge is 2.06. The highest BCUT2D eigenvalue weighted by atomic mass is 15.2. The van der Waals surface area contributed by atoms with Crippen LogP contribution in [0, 0.1) is 13.8 Å². The van der Waals surface area contributed by atoms with E-state index >= 15 is 0 Å². The van der Waals surface area contributed by atoms with Gasteiger partial charge in [-0.15, -0.1) is 0 Å². The zero-order valence-corrected chi connectivity index (χ0v) is 11.9. The van der Waals surface area contributed by atoms with Crippen molar-refractivity contribution in [3.8, 4) is 0 Å². The molecule has 1 aromatic heterocycles. The molecule has 0 saturated heterocycles. The maximum absolute atomic E-state index is 4.47. The molecule has 0 radical (unpaired) electrons. The Kier molecular flexibility index (Phi) is 4.00. The summed E-state index contributed by atoms with van der Waals surface area (Å²) in [5.74, 6) is 2.55. The van der Waals surface area contributed by atoms with Gasteiger partial charge in [0.15, 0.2) is 0 Å². The average Bonchev–Trinajstić information content (AvgIpc) is 2.40. The topological polar surface area (TPSA) is 41.0 Å². The van der Waals surface area contributed by atoms with Gasteiger partial charge in [-0.1, -0.05) is 29.8 Å². The average molecular weight is 256 g/mol. The Morgan fingerprint density at radius 3 is 2.42 bits per heavy atom. The zero-order valence-electron chi connectivity index (χ0n) is 11.9. The van der Waals surface area contributed by atoms with E-state index in [0.717, 1.165) is 24.0 Å². The van der Waals surface area contributed by atoms with Gasteiger partial charge in [0.05, 0.1) is 0 Å². The summed E-state index contributed by atoms with van der Waals surface area (Å²) < 4.78 is 0. The van der Waals surface area contributed by atoms with Gasteiger partial charge in [0.25, 0.3) is 0 Å². The maximum Gasteiger partial charge on any atom is 0.134 e. The molecule has 0 unspecified atom stereocenters. The van der Waals surface area contributed by atoms with E-state index in [4.69, 9.17) is 0 Å². The van der Waals surface area contributed by atoms with Crippen LogP contribution < -0.4 is 10.2 Å². The summed E-state index contributed by atoms with van der Waals surface area (Å²) in [6.07, 6.45) is 0. The Balaban J connectivity index is 2.17. The minimum absolute atomic E-state index is 0.776. The predicted molar refractivity (Wildman–Crippen MR) is 79.6 cm³/mol. The summed E-state index contributed by atoms with van der Waals surface area (Å²) in [5.41, 5.74) is 2.55. The smallest absolute Gasteiger partial charge is 0.134 e. The first kappa shape index (κ1) is 13.3. The molecule has 0 fully saturated rings. The first-order chi connectivity index (χ1) is 9.08. The summed E-state index contributed by atoms with van der Waals surface area (Å²) in [6.45, 7) is 4.84. The van der Waals surface area contributed by atoms with Gasteiger partial charge in [-0.3, -0.25) is 0 Å². The van der Waals surface area contributed by atoms with E-state index in [1.54, 1.807) is 0 Å². The van der Waals surface area contributed by atoms with Gasteiger partial charge in [-0.25, -0.2) is 9.97 Å². The Morgan fingerprint density at radius 1 is 1.11 bits per heavy atom. The third-order valence-electron chi connectivity index (χ3n) is 3.01. The van der Waals surface area contributed by atoms with Crippen molar-refractivity contribution in [3.05, 3.63) is 47.3 Å². The Labute approximate surface area is 114 Å². The number of benzene rings is 1. The monoisotopic (exact) mass is 256 g/mol. The van der Waals surface area contributed by atoms with Gasteiger partial charge in [0.1, 0.15) is 17.5 Å². The third kappa shape index (κ3) is 3.44. The number of aryl methyl sites for hydroxylation is 2. The van der Waals surface area contributed by atoms with Crippen molar-refractivity contribution in [3.63, 3.8) is 0 Å². The first-order valence-electron chi connectivity index (χ1n) is 6.38. The molecular weight excluding hydrogens is 236 g/mol. The van der Waals surface area contributed by atoms with Crippen molar-refractivity contribution in [2.45, 2.75) is 20.4 Å². The van der Waals surface area contributed by atoms with Crippen molar-refractivity contribution in [2.24, 2.45) is 0 Å². The molecule has 2 aromatic rings. The molecule has 0 spiro atoms. The number of aromatic nitrogens is 2. The fraction of sp³-hybridized carbons (Fsp3) is 0.333. The van der Waals surface area contributed by atoms with Crippen LogP contribution in [0.2, 0.25) is 0 Å². The van der Waals surface area contributed by atoms with Crippen molar-refractivity contribution in [1.82, 2.24) is 9.97 Å². The van der Waals surface area contributed by atoms with Crippen LogP contribution in [0.15, 0.2) is 30.3 Å². The quantitative estimate of drug-likeness (QED) is 0.913. The van der Waals surface area contributed by atoms with Crippen LogP contribution >= 0.6 is 0 Å². The number of nitrogens with zero attached hydrogens (tertiary/aromatic N) is 3. The van der Waals surface area contributed by atoms with Gasteiger partial charge < -0.3 is 10.2 Å². The standard InChI is InChI=1S/C15H20N4/c1-11-5-7-13(8-6-11)10-19(4)15-9-14(16-3)17-12(2)18-15/h5-9H,10H2,1-4H3,(H,16,17,18). The van der Waals surface area contributed by atoms with Crippen LogP contribution in [-0.4, -0.2) is 24.1 Å². The molecule has 0 aliphatic carbocycles. The molecule has 1 heterocycles. The lowest BCUT2D eigenvalue weighted by Gasteiger charge is -2.19. The van der Waals surface area contributed by atoms with Crippen LogP contribution in [0.4, 0.5) is 11.6 Å². The SMILES string of the molecule is CNc1cc(N(C)Cc2ccc(C)cc2)nc(C)n1. The van der Waals surface area contributed by atoms with Gasteiger partial charge in [-0.2, -0.15) is 0 Å². The molecule has 100 valence electrons. The highest BCUT2D eigenvalue weighted by molar-refractivity contribution is 5.49. The third-order valence-corrected chi connectivity index (χ3v) is 3.01. The molecule has 1 aromatic carbocycles. The second-order valence-electron chi connectivity index (χ2n) is 4.75. The largest absolute Gasteiger partial charge is 0.373 e. The molecular formula is C15H20N4. The van der Waals surface area contributed by atoms with Crippen LogP contribution in [-0.2, 0) is 6.54 Å². The Morgan fingerprint density at radius 2 is 1.79 bits per heavy atom. The van der Waals surface area contributed by atoms with E-state index in [0.29, 0.717) is 0 Å². The first-order valence-corrected chi connectivity index (χ1v) is 6.38. The van der Waals surface area contributed by atoms with E-state index < -0.39 is 0 Å². The van der Waals surface area contributed by atoms with Crippen molar-refractivity contribution < 1.29 is 0 Å². The number of hydrogen-bond donors (Lipinski definition) is 1. The number of rotatable bonds is 4.